The van der Waals surface area contributed by atoms with Gasteiger partial charge in [-0.1, -0.05) is 18.7 Å². The van der Waals surface area contributed by atoms with E-state index in [1.807, 2.05) is 0 Å². The van der Waals surface area contributed by atoms with Gasteiger partial charge >= 0.3 is 5.69 Å². The molecule has 2 amide bonds. The van der Waals surface area contributed by atoms with Crippen LogP contribution in [0.25, 0.3) is 0 Å². The largest absolute Gasteiger partial charge is 0.481 e. The van der Waals surface area contributed by atoms with Crippen LogP contribution in [-0.4, -0.2) is 77.1 Å². The van der Waals surface area contributed by atoms with Gasteiger partial charge in [0.25, 0.3) is 0 Å². The first-order valence-corrected chi connectivity index (χ1v) is 12.8. The third-order valence-electron chi connectivity index (χ3n) is 4.86. The number of nitro groups is 1. The van der Waals surface area contributed by atoms with E-state index < -0.39 is 26.1 Å². The zero-order chi connectivity index (χ0) is 23.9. The molecule has 0 aliphatic carbocycles. The summed E-state index contributed by atoms with van der Waals surface area (Å²) in [5.41, 5.74) is -0.300. The van der Waals surface area contributed by atoms with Crippen LogP contribution in [0.15, 0.2) is 17.2 Å². The molecule has 1 saturated heterocycles. The monoisotopic (exact) mass is 488 g/mol. The molecule has 1 fully saturated rings. The Kier molecular flexibility index (Phi) is 9.25. The second-order valence-corrected chi connectivity index (χ2v) is 10.6. The molecule has 0 radical (unpaired) electrons. The predicted molar refractivity (Wildman–Crippen MR) is 119 cm³/mol. The standard InChI is InChI=1S/C19H28N4O7S2/c1-4-13-32(28,29)22(12-6-11-21-10-5-7-17(21)24)19(25)14(2)31-18-15(23(26)27)8-9-16(20-18)30-3/h8-9,14H,4-7,10-13H2,1-3H3. The summed E-state index contributed by atoms with van der Waals surface area (Å²) in [6.07, 6.45) is 1.91. The molecule has 2 rings (SSSR count). The molecule has 2 heterocycles. The number of likely N-dealkylation sites (tertiary alicyclic amines) is 1. The average Bonchev–Trinajstić information content (AvgIpc) is 3.14. The summed E-state index contributed by atoms with van der Waals surface area (Å²) in [7, 11) is -2.51. The van der Waals surface area contributed by atoms with E-state index in [0.717, 1.165) is 22.5 Å². The molecular formula is C19H28N4O7S2. The lowest BCUT2D eigenvalue weighted by atomic mass is 10.3. The minimum atomic E-state index is -3.87. The number of aromatic nitrogens is 1. The highest BCUT2D eigenvalue weighted by molar-refractivity contribution is 8.00. The highest BCUT2D eigenvalue weighted by Crippen LogP contribution is 2.33. The number of sulfonamides is 1. The molecule has 13 heteroatoms. The van der Waals surface area contributed by atoms with Gasteiger partial charge in [-0.15, -0.1) is 0 Å². The normalized spacial score (nSPS) is 15.0. The first-order chi connectivity index (χ1) is 15.1. The van der Waals surface area contributed by atoms with E-state index in [2.05, 4.69) is 4.98 Å². The lowest BCUT2D eigenvalue weighted by molar-refractivity contribution is -0.388. The van der Waals surface area contributed by atoms with Crippen molar-refractivity contribution in [2.45, 2.75) is 49.8 Å². The molecule has 1 aliphatic rings. The molecule has 32 heavy (non-hydrogen) atoms. The zero-order valence-corrected chi connectivity index (χ0v) is 20.0. The minimum absolute atomic E-state index is 0.0274. The van der Waals surface area contributed by atoms with Gasteiger partial charge in [0.05, 0.1) is 23.0 Å². The van der Waals surface area contributed by atoms with Gasteiger partial charge in [0.15, 0.2) is 5.03 Å². The van der Waals surface area contributed by atoms with Gasteiger partial charge in [-0.25, -0.2) is 12.7 Å². The molecule has 0 saturated carbocycles. The average molecular weight is 489 g/mol. The second kappa shape index (κ2) is 11.5. The van der Waals surface area contributed by atoms with E-state index in [1.54, 1.807) is 11.8 Å². The molecule has 178 valence electrons. The van der Waals surface area contributed by atoms with Crippen molar-refractivity contribution >= 4 is 39.3 Å². The number of nitrogens with zero attached hydrogens (tertiary/aromatic N) is 4. The molecule has 0 N–H and O–H groups in total. The van der Waals surface area contributed by atoms with Crippen LogP contribution in [0.4, 0.5) is 5.69 Å². The smallest absolute Gasteiger partial charge is 0.301 e. The third kappa shape index (κ3) is 6.55. The molecule has 0 bridgehead atoms. The van der Waals surface area contributed by atoms with Gasteiger partial charge in [-0.2, -0.15) is 4.98 Å². The topological polar surface area (TPSA) is 140 Å². The molecule has 0 aromatic carbocycles. The van der Waals surface area contributed by atoms with Gasteiger partial charge in [-0.05, 0) is 26.2 Å². The van der Waals surface area contributed by atoms with E-state index in [4.69, 9.17) is 4.74 Å². The highest BCUT2D eigenvalue weighted by Gasteiger charge is 2.32. The maximum absolute atomic E-state index is 13.1. The number of amides is 2. The van der Waals surface area contributed by atoms with Crippen molar-refractivity contribution in [3.63, 3.8) is 0 Å². The van der Waals surface area contributed by atoms with E-state index >= 15 is 0 Å². The number of methoxy groups -OCH3 is 1. The molecule has 1 atom stereocenters. The Hall–Kier alpha value is -2.41. The summed E-state index contributed by atoms with van der Waals surface area (Å²) in [4.78, 5) is 41.3. The Morgan fingerprint density at radius 2 is 2.16 bits per heavy atom. The summed E-state index contributed by atoms with van der Waals surface area (Å²) in [6, 6.07) is 2.57. The van der Waals surface area contributed by atoms with Crippen molar-refractivity contribution in [2.75, 3.05) is 32.5 Å². The van der Waals surface area contributed by atoms with Crippen molar-refractivity contribution in [2.24, 2.45) is 0 Å². The molecule has 1 unspecified atom stereocenters. The summed E-state index contributed by atoms with van der Waals surface area (Å²) in [5, 5.41) is 10.3. The van der Waals surface area contributed by atoms with E-state index in [1.165, 1.54) is 26.2 Å². The van der Waals surface area contributed by atoms with Crippen molar-refractivity contribution in [1.29, 1.82) is 0 Å². The predicted octanol–water partition coefficient (Wildman–Crippen LogP) is 2.06. The van der Waals surface area contributed by atoms with Crippen molar-refractivity contribution in [3.8, 4) is 5.88 Å². The third-order valence-corrected chi connectivity index (χ3v) is 7.90. The molecule has 11 nitrogen and oxygen atoms in total. The lowest BCUT2D eigenvalue weighted by Crippen LogP contribution is -2.43. The Bertz CT molecular complexity index is 955. The summed E-state index contributed by atoms with van der Waals surface area (Å²) >= 11 is 0.805. The number of hydrogen-bond acceptors (Lipinski definition) is 9. The maximum Gasteiger partial charge on any atom is 0.301 e. The Balaban J connectivity index is 2.19. The van der Waals surface area contributed by atoms with Crippen LogP contribution in [0.2, 0.25) is 0 Å². The quantitative estimate of drug-likeness (QED) is 0.245. The number of thioether (sulfide) groups is 1. The van der Waals surface area contributed by atoms with Crippen LogP contribution in [0, 0.1) is 10.1 Å². The Morgan fingerprint density at radius 3 is 2.72 bits per heavy atom. The van der Waals surface area contributed by atoms with Gasteiger partial charge < -0.3 is 9.64 Å². The molecule has 1 aromatic rings. The zero-order valence-electron chi connectivity index (χ0n) is 18.4. The molecule has 1 aromatic heterocycles. The Labute approximate surface area is 191 Å². The van der Waals surface area contributed by atoms with Gasteiger partial charge in [0, 0.05) is 38.2 Å². The lowest BCUT2D eigenvalue weighted by Gasteiger charge is -2.26. The van der Waals surface area contributed by atoms with Crippen LogP contribution in [0.1, 0.15) is 39.5 Å². The molecule has 1 aliphatic heterocycles. The summed E-state index contributed by atoms with van der Waals surface area (Å²) in [5.74, 6) is -0.714. The van der Waals surface area contributed by atoms with Gasteiger partial charge in [-0.3, -0.25) is 19.7 Å². The number of carbonyl (C=O) groups excluding carboxylic acids is 2. The fraction of sp³-hybridized carbons (Fsp3) is 0.632. The molecule has 0 spiro atoms. The van der Waals surface area contributed by atoms with Gasteiger partial charge in [0.1, 0.15) is 0 Å². The van der Waals surface area contributed by atoms with Crippen LogP contribution in [0.3, 0.4) is 0 Å². The van der Waals surface area contributed by atoms with Crippen LogP contribution in [0.5, 0.6) is 5.88 Å². The number of ether oxygens (including phenoxy) is 1. The van der Waals surface area contributed by atoms with Crippen molar-refractivity contribution in [1.82, 2.24) is 14.2 Å². The summed E-state index contributed by atoms with van der Waals surface area (Å²) < 4.78 is 31.4. The van der Waals surface area contributed by atoms with Crippen LogP contribution < -0.4 is 4.74 Å². The maximum atomic E-state index is 13.1. The van der Waals surface area contributed by atoms with E-state index in [9.17, 15) is 28.1 Å². The fourth-order valence-electron chi connectivity index (χ4n) is 3.28. The number of carbonyl (C=O) groups is 2. The van der Waals surface area contributed by atoms with Crippen molar-refractivity contribution < 1.29 is 27.7 Å². The fourth-order valence-corrected chi connectivity index (χ4v) is 5.89. The van der Waals surface area contributed by atoms with E-state index in [0.29, 0.717) is 32.4 Å². The van der Waals surface area contributed by atoms with Crippen LogP contribution >= 0.6 is 11.8 Å². The first kappa shape index (κ1) is 25.8. The highest BCUT2D eigenvalue weighted by atomic mass is 32.2. The minimum Gasteiger partial charge on any atom is -0.481 e. The molecular weight excluding hydrogens is 460 g/mol. The number of pyridine rings is 1. The number of hydrogen-bond donors (Lipinski definition) is 0. The van der Waals surface area contributed by atoms with Gasteiger partial charge in [0.2, 0.25) is 27.7 Å². The first-order valence-electron chi connectivity index (χ1n) is 10.3. The summed E-state index contributed by atoms with van der Waals surface area (Å²) in [6.45, 7) is 4.12. The SMILES string of the molecule is CCCS(=O)(=O)N(CCCN1CCCC1=O)C(=O)C(C)Sc1nc(OC)ccc1[N+](=O)[O-]. The Morgan fingerprint density at radius 1 is 1.44 bits per heavy atom. The van der Waals surface area contributed by atoms with Crippen molar-refractivity contribution in [3.05, 3.63) is 22.2 Å². The van der Waals surface area contributed by atoms with Crippen LogP contribution in [-0.2, 0) is 19.6 Å². The second-order valence-electron chi connectivity index (χ2n) is 7.26. The number of rotatable bonds is 12. The van der Waals surface area contributed by atoms with E-state index in [-0.39, 0.29) is 34.8 Å².